The monoisotopic (exact) mass is 287 g/mol. The van der Waals surface area contributed by atoms with Crippen molar-refractivity contribution >= 4 is 11.6 Å². The zero-order valence-electron chi connectivity index (χ0n) is 11.4. The Labute approximate surface area is 121 Å². The molecule has 0 bridgehead atoms. The molecule has 0 fully saturated rings. The first-order chi connectivity index (χ1) is 10.0. The van der Waals surface area contributed by atoms with Crippen LogP contribution in [0, 0.1) is 12.7 Å². The zero-order chi connectivity index (χ0) is 15.0. The van der Waals surface area contributed by atoms with Crippen LogP contribution < -0.4 is 10.1 Å². The van der Waals surface area contributed by atoms with Gasteiger partial charge >= 0.3 is 0 Å². The van der Waals surface area contributed by atoms with Gasteiger partial charge < -0.3 is 15.2 Å². The Morgan fingerprint density at radius 1 is 1.24 bits per heavy atom. The van der Waals surface area contributed by atoms with Crippen molar-refractivity contribution in [1.82, 2.24) is 0 Å². The number of rotatable bonds is 2. The van der Waals surface area contributed by atoms with Gasteiger partial charge in [-0.25, -0.2) is 4.39 Å². The molecule has 5 heteroatoms. The summed E-state index contributed by atoms with van der Waals surface area (Å²) < 4.78 is 18.8. The van der Waals surface area contributed by atoms with Crippen LogP contribution in [0.2, 0.25) is 0 Å². The van der Waals surface area contributed by atoms with Crippen LogP contribution in [0.3, 0.4) is 0 Å². The summed E-state index contributed by atoms with van der Waals surface area (Å²) in [6.07, 6.45) is -0.968. The summed E-state index contributed by atoms with van der Waals surface area (Å²) >= 11 is 0. The lowest BCUT2D eigenvalue weighted by molar-refractivity contribution is -0.118. The molecule has 108 valence electrons. The average Bonchev–Trinajstić information content (AvgIpc) is 2.48. The Morgan fingerprint density at radius 3 is 2.71 bits per heavy atom. The molecule has 0 saturated heterocycles. The van der Waals surface area contributed by atoms with Crippen LogP contribution in [0.25, 0.3) is 0 Å². The molecule has 0 radical (unpaired) electrons. The number of fused-ring (bicyclic) bond motifs is 1. The van der Waals surface area contributed by atoms with E-state index in [0.717, 1.165) is 0 Å². The van der Waals surface area contributed by atoms with Crippen LogP contribution in [0.1, 0.15) is 22.8 Å². The summed E-state index contributed by atoms with van der Waals surface area (Å²) in [5, 5.41) is 13.0. The van der Waals surface area contributed by atoms with E-state index >= 15 is 0 Å². The van der Waals surface area contributed by atoms with E-state index in [1.807, 2.05) is 0 Å². The van der Waals surface area contributed by atoms with E-state index in [4.69, 9.17) is 4.74 Å². The van der Waals surface area contributed by atoms with Gasteiger partial charge in [0.1, 0.15) is 17.7 Å². The molecule has 0 saturated carbocycles. The van der Waals surface area contributed by atoms with Gasteiger partial charge in [-0.15, -0.1) is 0 Å². The molecule has 2 aromatic carbocycles. The first kappa shape index (κ1) is 13.6. The minimum absolute atomic E-state index is 0.0158. The number of carbonyl (C=O) groups excluding carboxylic acids is 1. The van der Waals surface area contributed by atoms with Crippen LogP contribution in [0.4, 0.5) is 10.1 Å². The van der Waals surface area contributed by atoms with Gasteiger partial charge in [0.15, 0.2) is 6.61 Å². The van der Waals surface area contributed by atoms with E-state index in [0.29, 0.717) is 28.1 Å². The number of hydrogen-bond donors (Lipinski definition) is 2. The smallest absolute Gasteiger partial charge is 0.262 e. The molecule has 3 rings (SSSR count). The SMILES string of the molecule is Cc1ccc(C(O)c2ccc3c(c2)NC(=O)CO3)cc1F. The summed E-state index contributed by atoms with van der Waals surface area (Å²) in [4.78, 5) is 11.3. The normalized spacial score (nSPS) is 14.9. The molecule has 1 amide bonds. The molecule has 1 heterocycles. The largest absolute Gasteiger partial charge is 0.482 e. The number of carbonyl (C=O) groups is 1. The van der Waals surface area contributed by atoms with E-state index in [1.165, 1.54) is 6.07 Å². The fraction of sp³-hybridized carbons (Fsp3) is 0.188. The highest BCUT2D eigenvalue weighted by Crippen LogP contribution is 2.32. The molecule has 1 atom stereocenters. The molecular formula is C16H14FNO3. The van der Waals surface area contributed by atoms with E-state index < -0.39 is 6.10 Å². The number of ether oxygens (including phenoxy) is 1. The zero-order valence-corrected chi connectivity index (χ0v) is 11.4. The second-order valence-corrected chi connectivity index (χ2v) is 5.00. The number of aryl methyl sites for hydroxylation is 1. The molecule has 1 unspecified atom stereocenters. The number of aliphatic hydroxyl groups is 1. The van der Waals surface area contributed by atoms with Crippen molar-refractivity contribution in [3.63, 3.8) is 0 Å². The van der Waals surface area contributed by atoms with Gasteiger partial charge in [0.05, 0.1) is 5.69 Å². The van der Waals surface area contributed by atoms with Crippen molar-refractivity contribution in [2.45, 2.75) is 13.0 Å². The van der Waals surface area contributed by atoms with Crippen molar-refractivity contribution in [3.05, 3.63) is 58.9 Å². The second kappa shape index (κ2) is 5.18. The summed E-state index contributed by atoms with van der Waals surface area (Å²) in [5.74, 6) is -0.0442. The third-order valence-electron chi connectivity index (χ3n) is 3.46. The van der Waals surface area contributed by atoms with Gasteiger partial charge in [0, 0.05) is 0 Å². The summed E-state index contributed by atoms with van der Waals surface area (Å²) in [6, 6.07) is 9.62. The Balaban J connectivity index is 1.94. The molecule has 0 aromatic heterocycles. The van der Waals surface area contributed by atoms with E-state index in [-0.39, 0.29) is 18.3 Å². The van der Waals surface area contributed by atoms with Gasteiger partial charge in [-0.2, -0.15) is 0 Å². The number of hydrogen-bond acceptors (Lipinski definition) is 3. The van der Waals surface area contributed by atoms with Crippen LogP contribution in [-0.4, -0.2) is 17.6 Å². The van der Waals surface area contributed by atoms with Gasteiger partial charge in [-0.1, -0.05) is 18.2 Å². The van der Waals surface area contributed by atoms with Gasteiger partial charge in [-0.3, -0.25) is 4.79 Å². The Kier molecular flexibility index (Phi) is 3.35. The van der Waals surface area contributed by atoms with E-state index in [9.17, 15) is 14.3 Å². The van der Waals surface area contributed by atoms with Crippen molar-refractivity contribution in [2.24, 2.45) is 0 Å². The molecule has 0 aliphatic carbocycles. The predicted octanol–water partition coefficient (Wildman–Crippen LogP) is 2.55. The summed E-state index contributed by atoms with van der Waals surface area (Å²) in [5.41, 5.74) is 2.05. The first-order valence-electron chi connectivity index (χ1n) is 6.55. The van der Waals surface area contributed by atoms with Crippen molar-refractivity contribution in [3.8, 4) is 5.75 Å². The van der Waals surface area contributed by atoms with Crippen LogP contribution >= 0.6 is 0 Å². The Bertz CT molecular complexity index is 715. The lowest BCUT2D eigenvalue weighted by Crippen LogP contribution is -2.25. The Morgan fingerprint density at radius 2 is 1.95 bits per heavy atom. The third-order valence-corrected chi connectivity index (χ3v) is 3.46. The van der Waals surface area contributed by atoms with Crippen molar-refractivity contribution in [2.75, 3.05) is 11.9 Å². The maximum Gasteiger partial charge on any atom is 0.262 e. The molecule has 21 heavy (non-hydrogen) atoms. The van der Waals surface area contributed by atoms with Crippen LogP contribution in [0.15, 0.2) is 36.4 Å². The average molecular weight is 287 g/mol. The van der Waals surface area contributed by atoms with Gasteiger partial charge in [0.25, 0.3) is 5.91 Å². The maximum absolute atomic E-state index is 13.6. The standard InChI is InChI=1S/C16H14FNO3/c1-9-2-3-10(6-12(9)17)16(20)11-4-5-14-13(7-11)18-15(19)8-21-14/h2-7,16,20H,8H2,1H3,(H,18,19). The number of anilines is 1. The summed E-state index contributed by atoms with van der Waals surface area (Å²) in [6.45, 7) is 1.65. The Hall–Kier alpha value is -2.40. The predicted molar refractivity (Wildman–Crippen MR) is 75.8 cm³/mol. The molecule has 1 aliphatic heterocycles. The first-order valence-corrected chi connectivity index (χ1v) is 6.55. The second-order valence-electron chi connectivity index (χ2n) is 5.00. The third kappa shape index (κ3) is 2.60. The molecule has 1 aliphatic rings. The lowest BCUT2D eigenvalue weighted by Gasteiger charge is -2.20. The molecule has 0 spiro atoms. The maximum atomic E-state index is 13.6. The quantitative estimate of drug-likeness (QED) is 0.892. The highest BCUT2D eigenvalue weighted by atomic mass is 19.1. The topological polar surface area (TPSA) is 58.6 Å². The fourth-order valence-corrected chi connectivity index (χ4v) is 2.24. The number of nitrogens with one attached hydrogen (secondary N) is 1. The number of benzene rings is 2. The highest BCUT2D eigenvalue weighted by molar-refractivity contribution is 5.95. The number of amides is 1. The van der Waals surface area contributed by atoms with E-state index in [2.05, 4.69) is 5.32 Å². The fourth-order valence-electron chi connectivity index (χ4n) is 2.24. The molecule has 4 nitrogen and oxygen atoms in total. The molecule has 2 aromatic rings. The lowest BCUT2D eigenvalue weighted by atomic mass is 9.99. The van der Waals surface area contributed by atoms with E-state index in [1.54, 1.807) is 37.3 Å². The summed E-state index contributed by atoms with van der Waals surface area (Å²) in [7, 11) is 0. The van der Waals surface area contributed by atoms with Crippen LogP contribution in [0.5, 0.6) is 5.75 Å². The van der Waals surface area contributed by atoms with Crippen molar-refractivity contribution in [1.29, 1.82) is 0 Å². The highest BCUT2D eigenvalue weighted by Gasteiger charge is 2.19. The van der Waals surface area contributed by atoms with Crippen molar-refractivity contribution < 1.29 is 19.0 Å². The molecule has 2 N–H and O–H groups in total. The van der Waals surface area contributed by atoms with Gasteiger partial charge in [-0.05, 0) is 41.8 Å². The minimum Gasteiger partial charge on any atom is -0.482 e. The van der Waals surface area contributed by atoms with Gasteiger partial charge in [0.2, 0.25) is 0 Å². The number of halogens is 1. The minimum atomic E-state index is -0.968. The molecular weight excluding hydrogens is 273 g/mol. The van der Waals surface area contributed by atoms with Crippen LogP contribution in [-0.2, 0) is 4.79 Å². The number of aliphatic hydroxyl groups excluding tert-OH is 1.